The third-order valence-corrected chi connectivity index (χ3v) is 9.96. The Kier molecular flexibility index (Phi) is 6.13. The van der Waals surface area contributed by atoms with Crippen LogP contribution in [0.25, 0.3) is 71.8 Å². The number of hydrogen-bond acceptors (Lipinski definition) is 1. The van der Waals surface area contributed by atoms with Crippen molar-refractivity contribution in [1.82, 2.24) is 0 Å². The Balaban J connectivity index is 1.22. The van der Waals surface area contributed by atoms with Crippen molar-refractivity contribution < 1.29 is 4.74 Å². The smallest absolute Gasteiger partial charge is 0.127 e. The standard InChI is InChI=1S/C44H34O/c1-45-42-23-19-38-27-36(34-15-11-29-7-3-5-9-32(29)25-34)17-21-41(38)44(42)43-39(30-12-13-30)22-18-37-26-35(16-20-40(37)43)33-14-10-28-6-2-4-8-31(28)24-33/h2-3,5-7,9-11,14-27,30H,4,8,12-13H2,1H3. The van der Waals surface area contributed by atoms with Crippen molar-refractivity contribution in [3.05, 3.63) is 144 Å². The van der Waals surface area contributed by atoms with Crippen molar-refractivity contribution >= 4 is 38.4 Å². The maximum Gasteiger partial charge on any atom is 0.127 e. The highest BCUT2D eigenvalue weighted by atomic mass is 16.5. The van der Waals surface area contributed by atoms with Crippen LogP contribution in [0.15, 0.2) is 127 Å². The van der Waals surface area contributed by atoms with E-state index in [0.29, 0.717) is 5.92 Å². The molecule has 0 radical (unpaired) electrons. The summed E-state index contributed by atoms with van der Waals surface area (Å²) in [5, 5.41) is 7.58. The molecular formula is C44H34O. The van der Waals surface area contributed by atoms with Gasteiger partial charge in [0.05, 0.1) is 7.11 Å². The molecule has 0 aliphatic heterocycles. The van der Waals surface area contributed by atoms with Gasteiger partial charge in [0.2, 0.25) is 0 Å². The lowest BCUT2D eigenvalue weighted by Crippen LogP contribution is -1.96. The largest absolute Gasteiger partial charge is 0.496 e. The minimum absolute atomic E-state index is 0.606. The van der Waals surface area contributed by atoms with E-state index in [2.05, 4.69) is 133 Å². The van der Waals surface area contributed by atoms with E-state index < -0.39 is 0 Å². The van der Waals surface area contributed by atoms with Gasteiger partial charge in [-0.15, -0.1) is 0 Å². The Morgan fingerprint density at radius 2 is 1.18 bits per heavy atom. The highest BCUT2D eigenvalue weighted by molar-refractivity contribution is 6.10. The number of ether oxygens (including phenoxy) is 1. The Labute approximate surface area is 264 Å². The van der Waals surface area contributed by atoms with Gasteiger partial charge in [-0.1, -0.05) is 109 Å². The zero-order valence-electron chi connectivity index (χ0n) is 25.5. The van der Waals surface area contributed by atoms with Crippen LogP contribution in [-0.4, -0.2) is 7.11 Å². The average Bonchev–Trinajstić information content (AvgIpc) is 3.95. The second-order valence-corrected chi connectivity index (χ2v) is 12.7. The minimum Gasteiger partial charge on any atom is -0.496 e. The highest BCUT2D eigenvalue weighted by Gasteiger charge is 2.29. The van der Waals surface area contributed by atoms with Crippen LogP contribution in [0, 0.1) is 0 Å². The van der Waals surface area contributed by atoms with Crippen LogP contribution in [0.2, 0.25) is 0 Å². The molecule has 45 heavy (non-hydrogen) atoms. The van der Waals surface area contributed by atoms with Gasteiger partial charge in [-0.2, -0.15) is 0 Å². The maximum absolute atomic E-state index is 6.12. The summed E-state index contributed by atoms with van der Waals surface area (Å²) in [5.74, 6) is 1.54. The molecule has 0 unspecified atom stereocenters. The van der Waals surface area contributed by atoms with Crippen LogP contribution < -0.4 is 4.74 Å². The monoisotopic (exact) mass is 578 g/mol. The summed E-state index contributed by atoms with van der Waals surface area (Å²) in [6, 6.07) is 45.4. The molecule has 1 nitrogen and oxygen atoms in total. The van der Waals surface area contributed by atoms with Gasteiger partial charge >= 0.3 is 0 Å². The molecule has 2 aliphatic rings. The number of aryl methyl sites for hydroxylation is 1. The first kappa shape index (κ1) is 26.3. The van der Waals surface area contributed by atoms with E-state index in [-0.39, 0.29) is 0 Å². The summed E-state index contributed by atoms with van der Waals surface area (Å²) in [4.78, 5) is 0. The summed E-state index contributed by atoms with van der Waals surface area (Å²) >= 11 is 0. The first-order valence-electron chi connectivity index (χ1n) is 16.2. The second kappa shape index (κ2) is 10.5. The van der Waals surface area contributed by atoms with E-state index in [1.54, 1.807) is 7.11 Å². The van der Waals surface area contributed by atoms with E-state index >= 15 is 0 Å². The quantitative estimate of drug-likeness (QED) is 0.197. The molecule has 0 spiro atoms. The van der Waals surface area contributed by atoms with Gasteiger partial charge in [-0.05, 0) is 133 Å². The van der Waals surface area contributed by atoms with Gasteiger partial charge in [-0.3, -0.25) is 0 Å². The van der Waals surface area contributed by atoms with Gasteiger partial charge in [0.15, 0.2) is 0 Å². The SMILES string of the molecule is COc1ccc2cc(-c3ccc4ccccc4c3)ccc2c1-c1c(C2CC2)ccc2cc(-c3ccc4c(c3)CCC=C4)ccc12. The van der Waals surface area contributed by atoms with Crippen LogP contribution in [0.5, 0.6) is 5.75 Å². The predicted octanol–water partition coefficient (Wildman–Crippen LogP) is 12.0. The maximum atomic E-state index is 6.12. The van der Waals surface area contributed by atoms with Gasteiger partial charge < -0.3 is 4.74 Å². The number of benzene rings is 7. The summed E-state index contributed by atoms with van der Waals surface area (Å²) in [5.41, 5.74) is 11.8. The fourth-order valence-corrected chi connectivity index (χ4v) is 7.44. The van der Waals surface area contributed by atoms with Gasteiger partial charge in [-0.25, -0.2) is 0 Å². The Hall–Kier alpha value is -5.14. The third kappa shape index (κ3) is 4.54. The molecule has 0 amide bonds. The van der Waals surface area contributed by atoms with Crippen LogP contribution >= 0.6 is 0 Å². The van der Waals surface area contributed by atoms with E-state index in [1.807, 2.05) is 0 Å². The van der Waals surface area contributed by atoms with Crippen LogP contribution in [0.1, 0.15) is 41.9 Å². The van der Waals surface area contributed by atoms with Crippen molar-refractivity contribution in [2.75, 3.05) is 7.11 Å². The van der Waals surface area contributed by atoms with E-state index in [0.717, 1.165) is 18.6 Å². The topological polar surface area (TPSA) is 9.23 Å². The number of rotatable bonds is 5. The average molecular weight is 579 g/mol. The molecule has 0 heterocycles. The van der Waals surface area contributed by atoms with Crippen molar-refractivity contribution in [3.63, 3.8) is 0 Å². The molecule has 1 heteroatoms. The molecule has 1 saturated carbocycles. The molecule has 1 fully saturated rings. The lowest BCUT2D eigenvalue weighted by Gasteiger charge is -2.19. The Morgan fingerprint density at radius 1 is 0.556 bits per heavy atom. The number of methoxy groups -OCH3 is 1. The van der Waals surface area contributed by atoms with Crippen molar-refractivity contribution in [2.24, 2.45) is 0 Å². The molecule has 7 aromatic rings. The molecule has 216 valence electrons. The van der Waals surface area contributed by atoms with Gasteiger partial charge in [0.25, 0.3) is 0 Å². The van der Waals surface area contributed by atoms with Crippen LogP contribution in [0.4, 0.5) is 0 Å². The predicted molar refractivity (Wildman–Crippen MR) is 191 cm³/mol. The zero-order chi connectivity index (χ0) is 29.9. The second-order valence-electron chi connectivity index (χ2n) is 12.7. The summed E-state index contributed by atoms with van der Waals surface area (Å²) in [6.07, 6.45) is 9.28. The number of hydrogen-bond donors (Lipinski definition) is 0. The molecule has 9 rings (SSSR count). The number of fused-ring (bicyclic) bond motifs is 4. The number of allylic oxidation sites excluding steroid dienone is 1. The van der Waals surface area contributed by atoms with E-state index in [9.17, 15) is 0 Å². The molecule has 0 aromatic heterocycles. The Morgan fingerprint density at radius 3 is 1.93 bits per heavy atom. The summed E-state index contributed by atoms with van der Waals surface area (Å²) in [6.45, 7) is 0. The normalized spacial score (nSPS) is 14.2. The van der Waals surface area contributed by atoms with E-state index in [1.165, 1.54) is 95.2 Å². The summed E-state index contributed by atoms with van der Waals surface area (Å²) in [7, 11) is 1.80. The fourth-order valence-electron chi connectivity index (χ4n) is 7.44. The molecular weight excluding hydrogens is 544 g/mol. The van der Waals surface area contributed by atoms with Gasteiger partial charge in [0.1, 0.15) is 5.75 Å². The van der Waals surface area contributed by atoms with Crippen molar-refractivity contribution in [3.8, 4) is 39.1 Å². The molecule has 0 bridgehead atoms. The van der Waals surface area contributed by atoms with E-state index in [4.69, 9.17) is 4.74 Å². The molecule has 0 atom stereocenters. The Bertz CT molecular complexity index is 2320. The first-order chi connectivity index (χ1) is 22.2. The van der Waals surface area contributed by atoms with Crippen LogP contribution in [0.3, 0.4) is 0 Å². The lowest BCUT2D eigenvalue weighted by molar-refractivity contribution is 0.417. The first-order valence-corrected chi connectivity index (χ1v) is 16.2. The minimum atomic E-state index is 0.606. The van der Waals surface area contributed by atoms with Gasteiger partial charge in [0, 0.05) is 5.56 Å². The summed E-state index contributed by atoms with van der Waals surface area (Å²) < 4.78 is 6.12. The molecule has 0 saturated heterocycles. The molecule has 0 N–H and O–H groups in total. The molecule has 7 aromatic carbocycles. The highest BCUT2D eigenvalue weighted by Crippen LogP contribution is 2.51. The third-order valence-electron chi connectivity index (χ3n) is 9.96. The molecule has 2 aliphatic carbocycles. The van der Waals surface area contributed by atoms with Crippen LogP contribution in [-0.2, 0) is 6.42 Å². The zero-order valence-corrected chi connectivity index (χ0v) is 25.5. The van der Waals surface area contributed by atoms with Crippen molar-refractivity contribution in [1.29, 1.82) is 0 Å². The van der Waals surface area contributed by atoms with Crippen molar-refractivity contribution in [2.45, 2.75) is 31.6 Å². The lowest BCUT2D eigenvalue weighted by atomic mass is 9.86. The fraction of sp³-hybridized carbons (Fsp3) is 0.136.